The van der Waals surface area contributed by atoms with E-state index < -0.39 is 0 Å². The van der Waals surface area contributed by atoms with E-state index in [4.69, 9.17) is 9.47 Å². The molecule has 1 rings (SSSR count). The molecule has 0 unspecified atom stereocenters. The van der Waals surface area contributed by atoms with Crippen LogP contribution in [-0.2, 0) is 21.7 Å². The summed E-state index contributed by atoms with van der Waals surface area (Å²) in [6.45, 7) is 4.77. The molecule has 2 heteroatoms. The summed E-state index contributed by atoms with van der Waals surface area (Å²) in [5, 5.41) is 0. The Morgan fingerprint density at radius 1 is 1.07 bits per heavy atom. The first-order valence-electron chi connectivity index (χ1n) is 4.73. The smallest absolute Gasteiger partial charge is 0.0871 e. The Kier molecular flexibility index (Phi) is 3.67. The molecule has 0 aliphatic rings. The van der Waals surface area contributed by atoms with Crippen LogP contribution in [0.4, 0.5) is 0 Å². The zero-order chi connectivity index (χ0) is 10.6. The third-order valence-corrected chi connectivity index (χ3v) is 2.47. The molecule has 2 nitrogen and oxygen atoms in total. The van der Waals surface area contributed by atoms with Crippen molar-refractivity contribution in [1.29, 1.82) is 0 Å². The third kappa shape index (κ3) is 2.56. The molecule has 0 saturated heterocycles. The fourth-order valence-electron chi connectivity index (χ4n) is 1.29. The molecular weight excluding hydrogens is 176 g/mol. The summed E-state index contributed by atoms with van der Waals surface area (Å²) in [4.78, 5) is 0. The molecule has 1 aromatic carbocycles. The van der Waals surface area contributed by atoms with Gasteiger partial charge in [0.05, 0.1) is 12.2 Å². The van der Waals surface area contributed by atoms with Crippen LogP contribution in [-0.4, -0.2) is 14.2 Å². The van der Waals surface area contributed by atoms with Gasteiger partial charge in [-0.25, -0.2) is 0 Å². The summed E-state index contributed by atoms with van der Waals surface area (Å²) in [5.74, 6) is 0. The van der Waals surface area contributed by atoms with Crippen LogP contribution in [0.5, 0.6) is 0 Å². The van der Waals surface area contributed by atoms with Gasteiger partial charge in [0, 0.05) is 14.2 Å². The van der Waals surface area contributed by atoms with Gasteiger partial charge in [0.25, 0.3) is 0 Å². The molecular formula is C12H18O2. The molecule has 1 aromatic rings. The monoisotopic (exact) mass is 194 g/mol. The Bertz CT molecular complexity index is 275. The second-order valence-corrected chi connectivity index (χ2v) is 3.84. The average Bonchev–Trinajstić information content (AvgIpc) is 2.19. The lowest BCUT2D eigenvalue weighted by atomic mass is 9.97. The summed E-state index contributed by atoms with van der Waals surface area (Å²) < 4.78 is 10.4. The second-order valence-electron chi connectivity index (χ2n) is 3.84. The van der Waals surface area contributed by atoms with Crippen molar-refractivity contribution in [3.8, 4) is 0 Å². The SMILES string of the molecule is COCc1ccc(C(C)(C)OC)cc1. The highest BCUT2D eigenvalue weighted by atomic mass is 16.5. The van der Waals surface area contributed by atoms with Gasteiger partial charge >= 0.3 is 0 Å². The van der Waals surface area contributed by atoms with Gasteiger partial charge in [0.15, 0.2) is 0 Å². The van der Waals surface area contributed by atoms with Gasteiger partial charge in [0.2, 0.25) is 0 Å². The lowest BCUT2D eigenvalue weighted by Crippen LogP contribution is -2.19. The molecule has 0 atom stereocenters. The van der Waals surface area contributed by atoms with Crippen LogP contribution in [0, 0.1) is 0 Å². The third-order valence-electron chi connectivity index (χ3n) is 2.47. The van der Waals surface area contributed by atoms with E-state index >= 15 is 0 Å². The molecule has 14 heavy (non-hydrogen) atoms. The van der Waals surface area contributed by atoms with E-state index in [1.54, 1.807) is 14.2 Å². The number of methoxy groups -OCH3 is 2. The van der Waals surface area contributed by atoms with Gasteiger partial charge in [-0.1, -0.05) is 24.3 Å². The minimum Gasteiger partial charge on any atom is -0.380 e. The van der Waals surface area contributed by atoms with Crippen LogP contribution in [0.2, 0.25) is 0 Å². The number of hydrogen-bond acceptors (Lipinski definition) is 2. The van der Waals surface area contributed by atoms with E-state index in [1.165, 1.54) is 11.1 Å². The molecule has 0 aliphatic heterocycles. The average molecular weight is 194 g/mol. The van der Waals surface area contributed by atoms with Crippen molar-refractivity contribution in [1.82, 2.24) is 0 Å². The van der Waals surface area contributed by atoms with Gasteiger partial charge < -0.3 is 9.47 Å². The molecule has 0 spiro atoms. The summed E-state index contributed by atoms with van der Waals surface area (Å²) in [7, 11) is 3.43. The van der Waals surface area contributed by atoms with Crippen LogP contribution < -0.4 is 0 Å². The molecule has 0 bridgehead atoms. The standard InChI is InChI=1S/C12H18O2/c1-12(2,14-4)11-7-5-10(6-8-11)9-13-3/h5-8H,9H2,1-4H3. The lowest BCUT2D eigenvalue weighted by molar-refractivity contribution is 0.0192. The maximum absolute atomic E-state index is 5.39. The van der Waals surface area contributed by atoms with E-state index in [1.807, 2.05) is 0 Å². The minimum absolute atomic E-state index is 0.217. The minimum atomic E-state index is -0.217. The highest BCUT2D eigenvalue weighted by Crippen LogP contribution is 2.23. The van der Waals surface area contributed by atoms with Crippen LogP contribution in [0.25, 0.3) is 0 Å². The Morgan fingerprint density at radius 3 is 2.07 bits per heavy atom. The Morgan fingerprint density at radius 2 is 1.64 bits per heavy atom. The normalized spacial score (nSPS) is 11.7. The van der Waals surface area contributed by atoms with Gasteiger partial charge in [-0.15, -0.1) is 0 Å². The Balaban J connectivity index is 2.82. The van der Waals surface area contributed by atoms with Gasteiger partial charge in [0.1, 0.15) is 0 Å². The van der Waals surface area contributed by atoms with Crippen LogP contribution in [0.1, 0.15) is 25.0 Å². The summed E-state index contributed by atoms with van der Waals surface area (Å²) in [5.41, 5.74) is 2.15. The fourth-order valence-corrected chi connectivity index (χ4v) is 1.29. The van der Waals surface area contributed by atoms with Crippen LogP contribution in [0.3, 0.4) is 0 Å². The first kappa shape index (κ1) is 11.2. The molecule has 78 valence electrons. The van der Waals surface area contributed by atoms with Crippen molar-refractivity contribution in [3.05, 3.63) is 35.4 Å². The topological polar surface area (TPSA) is 18.5 Å². The van der Waals surface area contributed by atoms with Crippen LogP contribution >= 0.6 is 0 Å². The molecule has 0 fully saturated rings. The van der Waals surface area contributed by atoms with Gasteiger partial charge in [-0.3, -0.25) is 0 Å². The quantitative estimate of drug-likeness (QED) is 0.733. The Hall–Kier alpha value is -0.860. The van der Waals surface area contributed by atoms with E-state index in [2.05, 4.69) is 38.1 Å². The molecule has 0 radical (unpaired) electrons. The van der Waals surface area contributed by atoms with Gasteiger partial charge in [-0.05, 0) is 25.0 Å². The summed E-state index contributed by atoms with van der Waals surface area (Å²) in [6.07, 6.45) is 0. The zero-order valence-electron chi connectivity index (χ0n) is 9.33. The van der Waals surface area contributed by atoms with Crippen molar-refractivity contribution < 1.29 is 9.47 Å². The summed E-state index contributed by atoms with van der Waals surface area (Å²) in [6, 6.07) is 8.30. The van der Waals surface area contributed by atoms with Crippen molar-refractivity contribution in [2.24, 2.45) is 0 Å². The first-order valence-corrected chi connectivity index (χ1v) is 4.73. The lowest BCUT2D eigenvalue weighted by Gasteiger charge is -2.23. The maximum Gasteiger partial charge on any atom is 0.0871 e. The molecule has 0 saturated carbocycles. The van der Waals surface area contributed by atoms with Crippen LogP contribution in [0.15, 0.2) is 24.3 Å². The van der Waals surface area contributed by atoms with Crippen molar-refractivity contribution in [2.45, 2.75) is 26.1 Å². The van der Waals surface area contributed by atoms with Crippen molar-refractivity contribution in [2.75, 3.05) is 14.2 Å². The summed E-state index contributed by atoms with van der Waals surface area (Å²) >= 11 is 0. The fraction of sp³-hybridized carbons (Fsp3) is 0.500. The van der Waals surface area contributed by atoms with E-state index in [9.17, 15) is 0 Å². The largest absolute Gasteiger partial charge is 0.380 e. The maximum atomic E-state index is 5.39. The zero-order valence-corrected chi connectivity index (χ0v) is 9.33. The first-order chi connectivity index (χ1) is 6.60. The Labute approximate surface area is 85.8 Å². The molecule has 0 amide bonds. The molecule has 0 aliphatic carbocycles. The van der Waals surface area contributed by atoms with Crippen molar-refractivity contribution in [3.63, 3.8) is 0 Å². The van der Waals surface area contributed by atoms with E-state index in [0.29, 0.717) is 6.61 Å². The second kappa shape index (κ2) is 4.58. The predicted octanol–water partition coefficient (Wildman–Crippen LogP) is 2.71. The van der Waals surface area contributed by atoms with E-state index in [0.717, 1.165) is 0 Å². The molecule has 0 aromatic heterocycles. The predicted molar refractivity (Wildman–Crippen MR) is 57.2 cm³/mol. The molecule has 0 N–H and O–H groups in total. The number of benzene rings is 1. The van der Waals surface area contributed by atoms with Crippen molar-refractivity contribution >= 4 is 0 Å². The highest BCUT2D eigenvalue weighted by Gasteiger charge is 2.18. The number of hydrogen-bond donors (Lipinski definition) is 0. The highest BCUT2D eigenvalue weighted by molar-refractivity contribution is 5.26. The number of ether oxygens (including phenoxy) is 2. The number of rotatable bonds is 4. The van der Waals surface area contributed by atoms with Gasteiger partial charge in [-0.2, -0.15) is 0 Å². The molecule has 0 heterocycles. The van der Waals surface area contributed by atoms with E-state index in [-0.39, 0.29) is 5.60 Å².